The maximum atomic E-state index is 13.8. The minimum atomic E-state index is -1.07. The number of rotatable bonds is 11. The first-order chi connectivity index (χ1) is 18.0. The third-order valence-corrected chi connectivity index (χ3v) is 6.56. The molecule has 4 rings (SSSR count). The average Bonchev–Trinajstić information content (AvgIpc) is 2.94. The number of aliphatic carboxylic acids is 1. The van der Waals surface area contributed by atoms with E-state index < -0.39 is 18.1 Å². The van der Waals surface area contributed by atoms with Gasteiger partial charge in [0, 0.05) is 25.1 Å². The minimum absolute atomic E-state index is 0.105. The number of carbonyl (C=O) groups excluding carboxylic acids is 1. The SMILES string of the molecule is CCCCO[C@@H](C(=O)N1Cc2ccc(OC)c(OCc3ccccc3)c2C[C@H]1C(=O)O)c1ccccc1. The van der Waals surface area contributed by atoms with Crippen molar-refractivity contribution in [2.24, 2.45) is 0 Å². The Balaban J connectivity index is 1.65. The summed E-state index contributed by atoms with van der Waals surface area (Å²) in [6, 6.07) is 21.6. The van der Waals surface area contributed by atoms with Crippen molar-refractivity contribution in [2.75, 3.05) is 13.7 Å². The Morgan fingerprint density at radius 2 is 1.73 bits per heavy atom. The van der Waals surface area contributed by atoms with Gasteiger partial charge < -0.3 is 24.2 Å². The van der Waals surface area contributed by atoms with Gasteiger partial charge in [-0.3, -0.25) is 4.79 Å². The van der Waals surface area contributed by atoms with Gasteiger partial charge in [-0.25, -0.2) is 4.79 Å². The van der Waals surface area contributed by atoms with Gasteiger partial charge in [-0.15, -0.1) is 0 Å². The highest BCUT2D eigenvalue weighted by Gasteiger charge is 2.40. The van der Waals surface area contributed by atoms with Crippen molar-refractivity contribution in [1.82, 2.24) is 4.90 Å². The highest BCUT2D eigenvalue weighted by atomic mass is 16.5. The predicted octanol–water partition coefficient (Wildman–Crippen LogP) is 5.17. The van der Waals surface area contributed by atoms with Crippen LogP contribution in [0.4, 0.5) is 0 Å². The number of nitrogens with zero attached hydrogens (tertiary/aromatic N) is 1. The van der Waals surface area contributed by atoms with Crippen LogP contribution < -0.4 is 9.47 Å². The summed E-state index contributed by atoms with van der Waals surface area (Å²) < 4.78 is 17.7. The van der Waals surface area contributed by atoms with Crippen molar-refractivity contribution >= 4 is 11.9 Å². The molecule has 3 aromatic rings. The number of unbranched alkanes of at least 4 members (excludes halogenated alkanes) is 1. The van der Waals surface area contributed by atoms with Crippen LogP contribution in [0.2, 0.25) is 0 Å². The number of benzene rings is 3. The molecule has 2 atom stereocenters. The predicted molar refractivity (Wildman–Crippen MR) is 139 cm³/mol. The fourth-order valence-corrected chi connectivity index (χ4v) is 4.55. The van der Waals surface area contributed by atoms with E-state index in [4.69, 9.17) is 14.2 Å². The first kappa shape index (κ1) is 26.2. The van der Waals surface area contributed by atoms with E-state index in [0.717, 1.165) is 29.5 Å². The summed E-state index contributed by atoms with van der Waals surface area (Å²) in [4.78, 5) is 27.7. The Kier molecular flexibility index (Phi) is 8.80. The smallest absolute Gasteiger partial charge is 0.326 e. The van der Waals surface area contributed by atoms with E-state index in [1.54, 1.807) is 13.2 Å². The lowest BCUT2D eigenvalue weighted by Gasteiger charge is -2.37. The topological polar surface area (TPSA) is 85.3 Å². The summed E-state index contributed by atoms with van der Waals surface area (Å²) in [5, 5.41) is 10.2. The lowest BCUT2D eigenvalue weighted by Crippen LogP contribution is -2.50. The van der Waals surface area contributed by atoms with E-state index in [1.807, 2.05) is 66.7 Å². The summed E-state index contributed by atoms with van der Waals surface area (Å²) in [5.74, 6) is -0.385. The van der Waals surface area contributed by atoms with Gasteiger partial charge in [0.1, 0.15) is 12.6 Å². The Labute approximate surface area is 217 Å². The van der Waals surface area contributed by atoms with Gasteiger partial charge in [-0.05, 0) is 29.2 Å². The summed E-state index contributed by atoms with van der Waals surface area (Å²) in [6.45, 7) is 2.92. The van der Waals surface area contributed by atoms with Crippen LogP contribution in [0.25, 0.3) is 0 Å². The molecule has 0 saturated carbocycles. The van der Waals surface area contributed by atoms with Crippen molar-refractivity contribution in [3.63, 3.8) is 0 Å². The van der Waals surface area contributed by atoms with Crippen LogP contribution in [-0.2, 0) is 33.9 Å². The Morgan fingerprint density at radius 1 is 1.03 bits per heavy atom. The van der Waals surface area contributed by atoms with Crippen molar-refractivity contribution in [3.8, 4) is 11.5 Å². The van der Waals surface area contributed by atoms with Gasteiger partial charge in [0.25, 0.3) is 5.91 Å². The maximum Gasteiger partial charge on any atom is 0.326 e. The number of methoxy groups -OCH3 is 1. The van der Waals surface area contributed by atoms with Crippen LogP contribution in [0.15, 0.2) is 72.8 Å². The molecule has 0 unspecified atom stereocenters. The molecule has 0 radical (unpaired) electrons. The number of amides is 1. The number of fused-ring (bicyclic) bond motifs is 1. The van der Waals surface area contributed by atoms with E-state index in [1.165, 1.54) is 4.90 Å². The number of hydrogen-bond acceptors (Lipinski definition) is 5. The molecule has 1 amide bonds. The lowest BCUT2D eigenvalue weighted by molar-refractivity contribution is -0.158. The molecule has 0 aromatic heterocycles. The highest BCUT2D eigenvalue weighted by molar-refractivity contribution is 5.88. The van der Waals surface area contributed by atoms with Gasteiger partial charge >= 0.3 is 5.97 Å². The second-order valence-electron chi connectivity index (χ2n) is 9.05. The zero-order valence-corrected chi connectivity index (χ0v) is 21.3. The van der Waals surface area contributed by atoms with Crippen LogP contribution in [0.3, 0.4) is 0 Å². The molecule has 194 valence electrons. The maximum absolute atomic E-state index is 13.8. The Hall–Kier alpha value is -3.84. The largest absolute Gasteiger partial charge is 0.493 e. The molecular formula is C30H33NO6. The lowest BCUT2D eigenvalue weighted by atomic mass is 9.91. The van der Waals surface area contributed by atoms with Crippen LogP contribution >= 0.6 is 0 Å². The van der Waals surface area contributed by atoms with Crippen molar-refractivity contribution in [3.05, 3.63) is 95.1 Å². The van der Waals surface area contributed by atoms with E-state index in [2.05, 4.69) is 6.92 Å². The van der Waals surface area contributed by atoms with Crippen LogP contribution in [0, 0.1) is 0 Å². The highest BCUT2D eigenvalue weighted by Crippen LogP contribution is 2.39. The number of carboxylic acid groups (broad SMARTS) is 1. The Bertz CT molecular complexity index is 1200. The third-order valence-electron chi connectivity index (χ3n) is 6.56. The zero-order chi connectivity index (χ0) is 26.2. The van der Waals surface area contributed by atoms with E-state index >= 15 is 0 Å². The molecule has 37 heavy (non-hydrogen) atoms. The number of hydrogen-bond donors (Lipinski definition) is 1. The van der Waals surface area contributed by atoms with Crippen molar-refractivity contribution in [1.29, 1.82) is 0 Å². The molecule has 0 spiro atoms. The van der Waals surface area contributed by atoms with Gasteiger partial charge in [-0.2, -0.15) is 0 Å². The summed E-state index contributed by atoms with van der Waals surface area (Å²) in [6.07, 6.45) is 0.971. The second-order valence-corrected chi connectivity index (χ2v) is 9.05. The molecule has 1 N–H and O–H groups in total. The Morgan fingerprint density at radius 3 is 2.38 bits per heavy atom. The first-order valence-electron chi connectivity index (χ1n) is 12.6. The van der Waals surface area contributed by atoms with Crippen LogP contribution in [0.5, 0.6) is 11.5 Å². The number of carboxylic acids is 1. The van der Waals surface area contributed by atoms with Gasteiger partial charge in [-0.1, -0.05) is 80.1 Å². The molecule has 7 nitrogen and oxygen atoms in total. The first-order valence-corrected chi connectivity index (χ1v) is 12.6. The van der Waals surface area contributed by atoms with Gasteiger partial charge in [0.15, 0.2) is 17.6 Å². The fourth-order valence-electron chi connectivity index (χ4n) is 4.55. The number of carbonyl (C=O) groups is 2. The molecule has 0 aliphatic carbocycles. The molecule has 0 fully saturated rings. The normalized spacial score (nSPS) is 15.5. The van der Waals surface area contributed by atoms with E-state index in [-0.39, 0.29) is 18.9 Å². The molecular weight excluding hydrogens is 470 g/mol. The summed E-state index contributed by atoms with van der Waals surface area (Å²) in [5.41, 5.74) is 3.27. The molecule has 7 heteroatoms. The van der Waals surface area contributed by atoms with Crippen LogP contribution in [0.1, 0.15) is 48.1 Å². The quantitative estimate of drug-likeness (QED) is 0.364. The number of ether oxygens (including phenoxy) is 3. The zero-order valence-electron chi connectivity index (χ0n) is 21.3. The molecule has 0 saturated heterocycles. The standard InChI is InChI=1S/C30H33NO6/c1-3-4-17-36-27(22-13-9-6-10-14-22)29(32)31-19-23-15-16-26(35-2)28(24(23)18-25(31)30(33)34)37-20-21-11-7-5-8-12-21/h5-16,25,27H,3-4,17-20H2,1-2H3,(H,33,34)/t25-,27+/m0/s1. The summed E-state index contributed by atoms with van der Waals surface area (Å²) in [7, 11) is 1.56. The molecule has 1 aliphatic heterocycles. The molecule has 3 aromatic carbocycles. The molecule has 0 bridgehead atoms. The molecule has 1 aliphatic rings. The fraction of sp³-hybridized carbons (Fsp3) is 0.333. The minimum Gasteiger partial charge on any atom is -0.493 e. The van der Waals surface area contributed by atoms with Gasteiger partial charge in [0.05, 0.1) is 7.11 Å². The van der Waals surface area contributed by atoms with E-state index in [0.29, 0.717) is 30.3 Å². The monoisotopic (exact) mass is 503 g/mol. The van der Waals surface area contributed by atoms with Crippen molar-refractivity contribution < 1.29 is 28.9 Å². The second kappa shape index (κ2) is 12.4. The van der Waals surface area contributed by atoms with Gasteiger partial charge in [0.2, 0.25) is 0 Å². The summed E-state index contributed by atoms with van der Waals surface area (Å²) >= 11 is 0. The average molecular weight is 504 g/mol. The molecule has 1 heterocycles. The third kappa shape index (κ3) is 6.12. The van der Waals surface area contributed by atoms with E-state index in [9.17, 15) is 14.7 Å². The van der Waals surface area contributed by atoms with Crippen molar-refractivity contribution in [2.45, 2.75) is 51.5 Å². The van der Waals surface area contributed by atoms with Crippen LogP contribution in [-0.4, -0.2) is 41.6 Å².